The molecule has 140 valence electrons. The lowest BCUT2D eigenvalue weighted by atomic mass is 10.2. The van der Waals surface area contributed by atoms with Crippen LogP contribution in [-0.4, -0.2) is 48.8 Å². The molecule has 1 saturated heterocycles. The van der Waals surface area contributed by atoms with Crippen molar-refractivity contribution >= 4 is 33.1 Å². The zero-order chi connectivity index (χ0) is 19.6. The van der Waals surface area contributed by atoms with Gasteiger partial charge in [0.1, 0.15) is 28.5 Å². The summed E-state index contributed by atoms with van der Waals surface area (Å²) >= 11 is 6.02. The molecule has 1 aromatic heterocycles. The van der Waals surface area contributed by atoms with E-state index in [2.05, 4.69) is 4.98 Å². The lowest BCUT2D eigenvalue weighted by Crippen LogP contribution is -2.49. The summed E-state index contributed by atoms with van der Waals surface area (Å²) in [6.07, 6.45) is 1.09. The summed E-state index contributed by atoms with van der Waals surface area (Å²) in [6, 6.07) is 9.30. The molecule has 3 rings (SSSR count). The molecule has 1 aliphatic heterocycles. The van der Waals surface area contributed by atoms with Crippen LogP contribution >= 0.6 is 11.6 Å². The highest BCUT2D eigenvalue weighted by molar-refractivity contribution is 7.89. The van der Waals surface area contributed by atoms with Gasteiger partial charge in [0.05, 0.1) is 9.95 Å². The normalized spacial score (nSPS) is 15.3. The summed E-state index contributed by atoms with van der Waals surface area (Å²) in [5.41, 5.74) is -0.193. The zero-order valence-corrected chi connectivity index (χ0v) is 15.5. The van der Waals surface area contributed by atoms with Gasteiger partial charge in [-0.2, -0.15) is 9.57 Å². The summed E-state index contributed by atoms with van der Waals surface area (Å²) in [4.78, 5) is 16.0. The van der Waals surface area contributed by atoms with E-state index in [1.165, 1.54) is 16.4 Å². The van der Waals surface area contributed by atoms with Crippen LogP contribution < -0.4 is 4.90 Å². The number of nitro groups is 1. The molecule has 2 heterocycles. The Morgan fingerprint density at radius 1 is 1.22 bits per heavy atom. The number of hydrogen-bond acceptors (Lipinski definition) is 7. The van der Waals surface area contributed by atoms with Crippen LogP contribution in [-0.2, 0) is 10.0 Å². The second-order valence-electron chi connectivity index (χ2n) is 5.76. The molecule has 9 nitrogen and oxygen atoms in total. The van der Waals surface area contributed by atoms with Crippen LogP contribution in [0.2, 0.25) is 5.02 Å². The monoisotopic (exact) mass is 407 g/mol. The van der Waals surface area contributed by atoms with Gasteiger partial charge in [0.2, 0.25) is 10.0 Å². The number of anilines is 1. The average Bonchev–Trinajstić information content (AvgIpc) is 2.67. The van der Waals surface area contributed by atoms with Crippen LogP contribution in [0.1, 0.15) is 5.56 Å². The first kappa shape index (κ1) is 19.0. The standard InChI is InChI=1S/C16H14ClN5O4S/c17-14-3-1-2-4-15(14)27(25,26)21-7-5-20(6-8-21)16-12(10-18)9-13(11-19-16)22(23)24/h1-4,9,11H,5-8H2. The Bertz CT molecular complexity index is 1030. The molecule has 2 aromatic rings. The number of piperazine rings is 1. The number of aromatic nitrogens is 1. The molecule has 0 atom stereocenters. The Labute approximate surface area is 160 Å². The predicted molar refractivity (Wildman–Crippen MR) is 98.0 cm³/mol. The van der Waals surface area contributed by atoms with Gasteiger partial charge in [0.15, 0.2) is 0 Å². The van der Waals surface area contributed by atoms with Crippen molar-refractivity contribution in [2.45, 2.75) is 4.90 Å². The smallest absolute Gasteiger partial charge is 0.289 e. The fourth-order valence-corrected chi connectivity index (χ4v) is 4.73. The molecule has 0 bridgehead atoms. The summed E-state index contributed by atoms with van der Waals surface area (Å²) in [5, 5.41) is 20.2. The molecule has 0 amide bonds. The highest BCUT2D eigenvalue weighted by Crippen LogP contribution is 2.27. The number of nitriles is 1. The van der Waals surface area contributed by atoms with Crippen LogP contribution in [0.15, 0.2) is 41.4 Å². The van der Waals surface area contributed by atoms with E-state index < -0.39 is 14.9 Å². The van der Waals surface area contributed by atoms with Crippen molar-refractivity contribution in [1.82, 2.24) is 9.29 Å². The Morgan fingerprint density at radius 2 is 1.89 bits per heavy atom. The fraction of sp³-hybridized carbons (Fsp3) is 0.250. The predicted octanol–water partition coefficient (Wildman–Crippen LogP) is 2.03. The topological polar surface area (TPSA) is 120 Å². The van der Waals surface area contributed by atoms with Gasteiger partial charge in [-0.15, -0.1) is 0 Å². The van der Waals surface area contributed by atoms with Crippen molar-refractivity contribution in [3.8, 4) is 6.07 Å². The van der Waals surface area contributed by atoms with E-state index in [1.807, 2.05) is 6.07 Å². The second-order valence-corrected chi connectivity index (χ2v) is 8.07. The third-order valence-corrected chi connectivity index (χ3v) is 6.57. The van der Waals surface area contributed by atoms with Crippen molar-refractivity contribution < 1.29 is 13.3 Å². The Morgan fingerprint density at radius 3 is 2.48 bits per heavy atom. The molecule has 0 aliphatic carbocycles. The SMILES string of the molecule is N#Cc1cc([N+](=O)[O-])cnc1N1CCN(S(=O)(=O)c2ccccc2Cl)CC1. The third kappa shape index (κ3) is 3.71. The molecule has 0 spiro atoms. The maximum Gasteiger partial charge on any atom is 0.289 e. The first-order valence-corrected chi connectivity index (χ1v) is 9.70. The third-order valence-electron chi connectivity index (χ3n) is 4.18. The molecular formula is C16H14ClN5O4S. The molecule has 0 N–H and O–H groups in total. The van der Waals surface area contributed by atoms with Gasteiger partial charge < -0.3 is 4.90 Å². The fourth-order valence-electron chi connectivity index (χ4n) is 2.81. The first-order valence-electron chi connectivity index (χ1n) is 7.89. The van der Waals surface area contributed by atoms with Gasteiger partial charge in [-0.05, 0) is 12.1 Å². The average molecular weight is 408 g/mol. The molecule has 1 aliphatic rings. The van der Waals surface area contributed by atoms with Crippen molar-refractivity contribution in [1.29, 1.82) is 5.26 Å². The summed E-state index contributed by atoms with van der Waals surface area (Å²) in [7, 11) is -3.73. The van der Waals surface area contributed by atoms with Gasteiger partial charge in [-0.25, -0.2) is 13.4 Å². The summed E-state index contributed by atoms with van der Waals surface area (Å²) in [6.45, 7) is 0.945. The van der Waals surface area contributed by atoms with Gasteiger partial charge >= 0.3 is 0 Å². The van der Waals surface area contributed by atoms with Crippen molar-refractivity contribution in [2.24, 2.45) is 0 Å². The number of benzene rings is 1. The number of sulfonamides is 1. The van der Waals surface area contributed by atoms with E-state index in [0.717, 1.165) is 12.3 Å². The molecule has 0 radical (unpaired) electrons. The summed E-state index contributed by atoms with van der Waals surface area (Å²) in [5.74, 6) is 0.304. The molecule has 1 fully saturated rings. The Balaban J connectivity index is 1.79. The van der Waals surface area contributed by atoms with E-state index >= 15 is 0 Å². The number of rotatable bonds is 4. The first-order chi connectivity index (χ1) is 12.8. The maximum absolute atomic E-state index is 12.8. The van der Waals surface area contributed by atoms with Crippen molar-refractivity contribution in [3.63, 3.8) is 0 Å². The Kier molecular flexibility index (Phi) is 5.27. The molecule has 27 heavy (non-hydrogen) atoms. The van der Waals surface area contributed by atoms with Crippen molar-refractivity contribution in [3.05, 3.63) is 57.2 Å². The minimum absolute atomic E-state index is 0.0475. The highest BCUT2D eigenvalue weighted by atomic mass is 35.5. The second kappa shape index (κ2) is 7.48. The molecule has 11 heteroatoms. The minimum atomic E-state index is -3.73. The zero-order valence-electron chi connectivity index (χ0n) is 13.9. The number of halogens is 1. The maximum atomic E-state index is 12.8. The minimum Gasteiger partial charge on any atom is -0.353 e. The molecular weight excluding hydrogens is 394 g/mol. The van der Waals surface area contributed by atoms with Crippen LogP contribution in [0, 0.1) is 21.4 Å². The Hall–Kier alpha value is -2.74. The largest absolute Gasteiger partial charge is 0.353 e. The van der Waals surface area contributed by atoms with Crippen LogP contribution in [0.3, 0.4) is 0 Å². The van der Waals surface area contributed by atoms with E-state index in [4.69, 9.17) is 11.6 Å². The highest BCUT2D eigenvalue weighted by Gasteiger charge is 2.31. The molecule has 0 unspecified atom stereocenters. The van der Waals surface area contributed by atoms with Gasteiger partial charge in [0.25, 0.3) is 5.69 Å². The van der Waals surface area contributed by atoms with E-state index in [1.54, 1.807) is 17.0 Å². The van der Waals surface area contributed by atoms with Crippen LogP contribution in [0.25, 0.3) is 0 Å². The molecule has 0 saturated carbocycles. The van der Waals surface area contributed by atoms with Crippen LogP contribution in [0.4, 0.5) is 11.5 Å². The van der Waals surface area contributed by atoms with Gasteiger partial charge in [-0.3, -0.25) is 10.1 Å². The number of nitrogens with zero attached hydrogens (tertiary/aromatic N) is 5. The lowest BCUT2D eigenvalue weighted by molar-refractivity contribution is -0.385. The van der Waals surface area contributed by atoms with E-state index in [-0.39, 0.29) is 34.3 Å². The molecule has 1 aromatic carbocycles. The van der Waals surface area contributed by atoms with Crippen molar-refractivity contribution in [2.75, 3.05) is 31.1 Å². The lowest BCUT2D eigenvalue weighted by Gasteiger charge is -2.35. The van der Waals surface area contributed by atoms with Crippen LogP contribution in [0.5, 0.6) is 0 Å². The van der Waals surface area contributed by atoms with Gasteiger partial charge in [-0.1, -0.05) is 23.7 Å². The van der Waals surface area contributed by atoms with E-state index in [9.17, 15) is 23.8 Å². The van der Waals surface area contributed by atoms with E-state index in [0.29, 0.717) is 18.9 Å². The quantitative estimate of drug-likeness (QED) is 0.561. The number of pyridine rings is 1. The summed E-state index contributed by atoms with van der Waals surface area (Å²) < 4.78 is 26.9. The number of hydrogen-bond donors (Lipinski definition) is 0. The van der Waals surface area contributed by atoms with Gasteiger partial charge in [0, 0.05) is 32.2 Å².